The number of benzene rings is 1. The first-order chi connectivity index (χ1) is 9.70. The van der Waals surface area contributed by atoms with E-state index in [4.69, 9.17) is 9.15 Å². The molecule has 3 nitrogen and oxygen atoms in total. The van der Waals surface area contributed by atoms with Crippen LogP contribution in [0.25, 0.3) is 11.1 Å². The summed E-state index contributed by atoms with van der Waals surface area (Å²) < 4.78 is 11.3. The van der Waals surface area contributed by atoms with Crippen molar-refractivity contribution >= 4 is 0 Å². The SMILES string of the molecule is COc1c(-c2ccoc2CNC2CC2)ccc(C)c1C. The first kappa shape index (κ1) is 13.3. The number of hydrogen-bond donors (Lipinski definition) is 1. The summed E-state index contributed by atoms with van der Waals surface area (Å²) in [6.07, 6.45) is 4.32. The number of ether oxygens (including phenoxy) is 1. The lowest BCUT2D eigenvalue weighted by molar-refractivity contribution is 0.412. The van der Waals surface area contributed by atoms with Gasteiger partial charge in [0.25, 0.3) is 0 Å². The van der Waals surface area contributed by atoms with Crippen LogP contribution in [0, 0.1) is 13.8 Å². The molecule has 1 aromatic heterocycles. The molecule has 1 saturated carbocycles. The Bertz CT molecular complexity index is 611. The molecule has 0 unspecified atom stereocenters. The summed E-state index contributed by atoms with van der Waals surface area (Å²) in [5, 5.41) is 3.50. The molecular weight excluding hydrogens is 250 g/mol. The van der Waals surface area contributed by atoms with Crippen molar-refractivity contribution in [2.24, 2.45) is 0 Å². The minimum atomic E-state index is 0.676. The predicted octanol–water partition coefficient (Wildman–Crippen LogP) is 3.82. The number of rotatable bonds is 5. The van der Waals surface area contributed by atoms with Gasteiger partial charge in [0.2, 0.25) is 0 Å². The Morgan fingerprint density at radius 3 is 2.70 bits per heavy atom. The van der Waals surface area contributed by atoms with E-state index in [2.05, 4.69) is 31.3 Å². The maximum Gasteiger partial charge on any atom is 0.129 e. The van der Waals surface area contributed by atoms with Gasteiger partial charge in [-0.05, 0) is 43.9 Å². The number of nitrogens with one attached hydrogen (secondary N) is 1. The van der Waals surface area contributed by atoms with Crippen molar-refractivity contribution in [3.63, 3.8) is 0 Å². The summed E-state index contributed by atoms with van der Waals surface area (Å²) in [5.41, 5.74) is 4.66. The Hall–Kier alpha value is -1.74. The van der Waals surface area contributed by atoms with Crippen LogP contribution >= 0.6 is 0 Å². The third-order valence-corrected chi connectivity index (χ3v) is 4.05. The molecule has 0 aliphatic heterocycles. The van der Waals surface area contributed by atoms with Gasteiger partial charge in [0.15, 0.2) is 0 Å². The van der Waals surface area contributed by atoms with Gasteiger partial charge < -0.3 is 14.5 Å². The Morgan fingerprint density at radius 2 is 2.00 bits per heavy atom. The molecule has 1 heterocycles. The van der Waals surface area contributed by atoms with Crippen LogP contribution < -0.4 is 10.1 Å². The summed E-state index contributed by atoms with van der Waals surface area (Å²) in [4.78, 5) is 0. The first-order valence-corrected chi connectivity index (χ1v) is 7.15. The zero-order chi connectivity index (χ0) is 14.1. The summed E-state index contributed by atoms with van der Waals surface area (Å²) >= 11 is 0. The predicted molar refractivity (Wildman–Crippen MR) is 80.0 cm³/mol. The van der Waals surface area contributed by atoms with E-state index >= 15 is 0 Å². The molecule has 0 saturated heterocycles. The highest BCUT2D eigenvalue weighted by molar-refractivity contribution is 5.74. The normalized spacial score (nSPS) is 14.6. The fourth-order valence-electron chi connectivity index (χ4n) is 2.51. The molecule has 3 rings (SSSR count). The molecule has 0 atom stereocenters. The second kappa shape index (κ2) is 5.33. The molecule has 0 bridgehead atoms. The highest BCUT2D eigenvalue weighted by Crippen LogP contribution is 2.37. The minimum Gasteiger partial charge on any atom is -0.496 e. The summed E-state index contributed by atoms with van der Waals surface area (Å²) in [6, 6.07) is 6.95. The van der Waals surface area contributed by atoms with Crippen LogP contribution in [0.3, 0.4) is 0 Å². The van der Waals surface area contributed by atoms with Gasteiger partial charge in [-0.2, -0.15) is 0 Å². The van der Waals surface area contributed by atoms with E-state index in [9.17, 15) is 0 Å². The third kappa shape index (κ3) is 2.46. The van der Waals surface area contributed by atoms with Gasteiger partial charge in [-0.25, -0.2) is 0 Å². The van der Waals surface area contributed by atoms with E-state index in [0.29, 0.717) is 6.04 Å². The van der Waals surface area contributed by atoms with Crippen molar-refractivity contribution in [2.75, 3.05) is 7.11 Å². The molecule has 0 amide bonds. The molecule has 1 fully saturated rings. The highest BCUT2D eigenvalue weighted by Gasteiger charge is 2.22. The van der Waals surface area contributed by atoms with Gasteiger partial charge in [-0.3, -0.25) is 0 Å². The van der Waals surface area contributed by atoms with E-state index in [-0.39, 0.29) is 0 Å². The Morgan fingerprint density at radius 1 is 1.20 bits per heavy atom. The topological polar surface area (TPSA) is 34.4 Å². The number of aryl methyl sites for hydroxylation is 1. The van der Waals surface area contributed by atoms with E-state index in [0.717, 1.165) is 29.2 Å². The molecule has 1 aromatic carbocycles. The molecule has 1 N–H and O–H groups in total. The van der Waals surface area contributed by atoms with Crippen molar-refractivity contribution in [3.05, 3.63) is 41.3 Å². The fraction of sp³-hybridized carbons (Fsp3) is 0.412. The highest BCUT2D eigenvalue weighted by atomic mass is 16.5. The number of furan rings is 1. The summed E-state index contributed by atoms with van der Waals surface area (Å²) in [5.74, 6) is 1.93. The lowest BCUT2D eigenvalue weighted by Gasteiger charge is -2.13. The molecule has 1 aliphatic carbocycles. The largest absolute Gasteiger partial charge is 0.496 e. The molecule has 0 spiro atoms. The Balaban J connectivity index is 1.96. The molecule has 106 valence electrons. The van der Waals surface area contributed by atoms with Gasteiger partial charge in [0, 0.05) is 17.2 Å². The van der Waals surface area contributed by atoms with Gasteiger partial charge in [-0.1, -0.05) is 12.1 Å². The van der Waals surface area contributed by atoms with Crippen LogP contribution in [-0.2, 0) is 6.54 Å². The van der Waals surface area contributed by atoms with Crippen molar-refractivity contribution in [3.8, 4) is 16.9 Å². The van der Waals surface area contributed by atoms with Crippen molar-refractivity contribution in [1.82, 2.24) is 5.32 Å². The van der Waals surface area contributed by atoms with E-state index in [1.807, 2.05) is 6.07 Å². The van der Waals surface area contributed by atoms with Crippen LogP contribution in [0.4, 0.5) is 0 Å². The molecule has 3 heteroatoms. The summed E-state index contributed by atoms with van der Waals surface area (Å²) in [7, 11) is 1.73. The molecule has 0 radical (unpaired) electrons. The number of methoxy groups -OCH3 is 1. The Kier molecular flexibility index (Phi) is 3.53. The second-order valence-electron chi connectivity index (χ2n) is 5.50. The van der Waals surface area contributed by atoms with E-state index < -0.39 is 0 Å². The van der Waals surface area contributed by atoms with Crippen LogP contribution in [-0.4, -0.2) is 13.2 Å². The van der Waals surface area contributed by atoms with Crippen LogP contribution in [0.2, 0.25) is 0 Å². The van der Waals surface area contributed by atoms with Crippen LogP contribution in [0.5, 0.6) is 5.75 Å². The van der Waals surface area contributed by atoms with Gasteiger partial charge in [0.1, 0.15) is 11.5 Å². The monoisotopic (exact) mass is 271 g/mol. The van der Waals surface area contributed by atoms with Gasteiger partial charge in [-0.15, -0.1) is 0 Å². The van der Waals surface area contributed by atoms with Crippen molar-refractivity contribution in [2.45, 2.75) is 39.3 Å². The standard InChI is InChI=1S/C17H21NO2/c1-11-4-7-15(17(19-3)12(11)2)14-8-9-20-16(14)10-18-13-5-6-13/h4,7-9,13,18H,5-6,10H2,1-3H3. The summed E-state index contributed by atoms with van der Waals surface area (Å²) in [6.45, 7) is 4.98. The second-order valence-corrected chi connectivity index (χ2v) is 5.50. The fourth-order valence-corrected chi connectivity index (χ4v) is 2.51. The van der Waals surface area contributed by atoms with E-state index in [1.54, 1.807) is 13.4 Å². The van der Waals surface area contributed by atoms with Crippen molar-refractivity contribution < 1.29 is 9.15 Å². The lowest BCUT2D eigenvalue weighted by atomic mass is 9.99. The third-order valence-electron chi connectivity index (χ3n) is 4.05. The smallest absolute Gasteiger partial charge is 0.129 e. The van der Waals surface area contributed by atoms with Crippen molar-refractivity contribution in [1.29, 1.82) is 0 Å². The lowest BCUT2D eigenvalue weighted by Crippen LogP contribution is -2.15. The average molecular weight is 271 g/mol. The molecule has 1 aliphatic rings. The first-order valence-electron chi connectivity index (χ1n) is 7.15. The molecular formula is C17H21NO2. The maximum absolute atomic E-state index is 5.65. The zero-order valence-corrected chi connectivity index (χ0v) is 12.3. The molecule has 20 heavy (non-hydrogen) atoms. The number of hydrogen-bond acceptors (Lipinski definition) is 3. The average Bonchev–Trinajstić information content (AvgIpc) is 3.17. The van der Waals surface area contributed by atoms with Crippen LogP contribution in [0.15, 0.2) is 28.9 Å². The van der Waals surface area contributed by atoms with E-state index in [1.165, 1.54) is 24.0 Å². The van der Waals surface area contributed by atoms with Crippen LogP contribution in [0.1, 0.15) is 29.7 Å². The van der Waals surface area contributed by atoms with Gasteiger partial charge >= 0.3 is 0 Å². The Labute approximate surface area is 119 Å². The quantitative estimate of drug-likeness (QED) is 0.897. The zero-order valence-electron chi connectivity index (χ0n) is 12.3. The molecule has 2 aromatic rings. The maximum atomic E-state index is 5.65. The van der Waals surface area contributed by atoms with Gasteiger partial charge in [0.05, 0.1) is 19.9 Å². The minimum absolute atomic E-state index is 0.676.